The van der Waals surface area contributed by atoms with E-state index in [1.165, 1.54) is 11.8 Å². The summed E-state index contributed by atoms with van der Waals surface area (Å²) >= 11 is 6.86. The summed E-state index contributed by atoms with van der Waals surface area (Å²) in [5.74, 6) is -0.617. The summed E-state index contributed by atoms with van der Waals surface area (Å²) in [5.41, 5.74) is -0.110. The maximum atomic E-state index is 10.9. The molecule has 5 nitrogen and oxygen atoms in total. The zero-order valence-corrected chi connectivity index (χ0v) is 16.8. The fraction of sp³-hybridized carbons (Fsp3) is 0.474. The Balaban J connectivity index is 1.69. The fourth-order valence-electron chi connectivity index (χ4n) is 3.18. The van der Waals surface area contributed by atoms with Gasteiger partial charge in [-0.15, -0.1) is 0 Å². The van der Waals surface area contributed by atoms with Gasteiger partial charge in [0.1, 0.15) is 6.10 Å². The van der Waals surface area contributed by atoms with Gasteiger partial charge in [0, 0.05) is 19.1 Å². The highest BCUT2D eigenvalue weighted by Gasteiger charge is 2.46. The van der Waals surface area contributed by atoms with Crippen LogP contribution in [0.5, 0.6) is 0 Å². The van der Waals surface area contributed by atoms with E-state index >= 15 is 0 Å². The van der Waals surface area contributed by atoms with Crippen molar-refractivity contribution in [2.45, 2.75) is 50.3 Å². The van der Waals surface area contributed by atoms with Crippen molar-refractivity contribution in [2.75, 3.05) is 11.3 Å². The van der Waals surface area contributed by atoms with E-state index in [9.17, 15) is 5.11 Å². The Morgan fingerprint density at radius 3 is 2.81 bits per heavy atom. The Kier molecular flexibility index (Phi) is 5.84. The predicted octanol–water partition coefficient (Wildman–Crippen LogP) is 3.73. The number of aliphatic hydroxyl groups is 1. The first kappa shape index (κ1) is 19.5. The van der Waals surface area contributed by atoms with Gasteiger partial charge in [0.05, 0.1) is 17.4 Å². The fourth-order valence-corrected chi connectivity index (χ4v) is 3.66. The average Bonchev–Trinajstić information content (AvgIpc) is 2.91. The number of thioether (sulfide) groups is 1. The molecule has 2 aliphatic rings. The van der Waals surface area contributed by atoms with Gasteiger partial charge in [0.25, 0.3) is 0 Å². The maximum absolute atomic E-state index is 10.9. The number of fused-ring (bicyclic) bond motifs is 1. The summed E-state index contributed by atoms with van der Waals surface area (Å²) in [5, 5.41) is 17.1. The molecular formula is C19H24N2O3S2. The van der Waals surface area contributed by atoms with Crippen LogP contribution in [0.25, 0.3) is 0 Å². The summed E-state index contributed by atoms with van der Waals surface area (Å²) in [7, 11) is 0. The number of hydrogen-bond acceptors (Lipinski definition) is 6. The summed E-state index contributed by atoms with van der Waals surface area (Å²) in [6.07, 6.45) is 7.91. The van der Waals surface area contributed by atoms with Crippen LogP contribution in [0.3, 0.4) is 0 Å². The van der Waals surface area contributed by atoms with Crippen molar-refractivity contribution in [3.05, 3.63) is 42.5 Å². The van der Waals surface area contributed by atoms with Gasteiger partial charge in [-0.2, -0.15) is 5.10 Å². The van der Waals surface area contributed by atoms with Crippen LogP contribution < -0.4 is 5.01 Å². The van der Waals surface area contributed by atoms with E-state index in [2.05, 4.69) is 5.10 Å². The Morgan fingerprint density at radius 2 is 2.12 bits per heavy atom. The molecule has 1 heterocycles. The first-order valence-electron chi connectivity index (χ1n) is 8.55. The minimum absolute atomic E-state index is 0.105. The molecule has 1 aliphatic carbocycles. The first-order chi connectivity index (χ1) is 12.3. The zero-order valence-electron chi connectivity index (χ0n) is 15.2. The van der Waals surface area contributed by atoms with Crippen molar-refractivity contribution in [2.24, 2.45) is 5.10 Å². The molecular weight excluding hydrogens is 368 g/mol. The minimum Gasteiger partial charge on any atom is -0.385 e. The molecule has 1 N–H and O–H groups in total. The van der Waals surface area contributed by atoms with Gasteiger partial charge >= 0.3 is 0 Å². The SMILES string of the molecule is CSC(=S)N(/N=C/C[C@@]1(O)C=C[C@@H]2OC(C)(C)O[C@@H]2C1)c1ccccc1. The van der Waals surface area contributed by atoms with E-state index in [0.29, 0.717) is 17.2 Å². The van der Waals surface area contributed by atoms with Crippen LogP contribution in [0.4, 0.5) is 5.69 Å². The highest BCUT2D eigenvalue weighted by atomic mass is 32.2. The van der Waals surface area contributed by atoms with E-state index in [1.54, 1.807) is 17.3 Å². The molecule has 1 aromatic rings. The van der Waals surface area contributed by atoms with E-state index in [0.717, 1.165) is 5.69 Å². The van der Waals surface area contributed by atoms with Crippen LogP contribution in [0.2, 0.25) is 0 Å². The lowest BCUT2D eigenvalue weighted by molar-refractivity contribution is -0.145. The number of rotatable bonds is 4. The van der Waals surface area contributed by atoms with E-state index in [-0.39, 0.29) is 12.2 Å². The van der Waals surface area contributed by atoms with E-state index in [4.69, 9.17) is 21.7 Å². The number of thiocarbonyl (C=S) groups is 1. The molecule has 0 unspecified atom stereocenters. The lowest BCUT2D eigenvalue weighted by Gasteiger charge is -2.31. The van der Waals surface area contributed by atoms with E-state index in [1.807, 2.05) is 56.5 Å². The zero-order chi connectivity index (χ0) is 18.8. The van der Waals surface area contributed by atoms with Crippen molar-refractivity contribution in [3.8, 4) is 0 Å². The number of para-hydroxylation sites is 1. The summed E-state index contributed by atoms with van der Waals surface area (Å²) < 4.78 is 12.3. The van der Waals surface area contributed by atoms with Crippen molar-refractivity contribution in [1.29, 1.82) is 0 Å². The molecule has 1 aromatic carbocycles. The maximum Gasteiger partial charge on any atom is 0.164 e. The smallest absolute Gasteiger partial charge is 0.164 e. The molecule has 1 saturated heterocycles. The molecule has 0 spiro atoms. The normalized spacial score (nSPS) is 29.7. The summed E-state index contributed by atoms with van der Waals surface area (Å²) in [4.78, 5) is 0. The van der Waals surface area contributed by atoms with Gasteiger partial charge in [-0.05, 0) is 32.2 Å². The highest BCUT2D eigenvalue weighted by molar-refractivity contribution is 8.22. The molecule has 140 valence electrons. The Labute approximate surface area is 164 Å². The number of hydrazone groups is 1. The van der Waals surface area contributed by atoms with E-state index < -0.39 is 11.4 Å². The topological polar surface area (TPSA) is 54.3 Å². The third-order valence-electron chi connectivity index (χ3n) is 4.36. The van der Waals surface area contributed by atoms with Crippen LogP contribution in [0.1, 0.15) is 26.7 Å². The molecule has 0 bridgehead atoms. The van der Waals surface area contributed by atoms with Crippen LogP contribution in [-0.4, -0.2) is 45.5 Å². The molecule has 1 aliphatic heterocycles. The van der Waals surface area contributed by atoms with Gasteiger partial charge in [-0.3, -0.25) is 0 Å². The monoisotopic (exact) mass is 392 g/mol. The molecule has 1 fully saturated rings. The number of nitrogens with zero attached hydrogens (tertiary/aromatic N) is 2. The highest BCUT2D eigenvalue weighted by Crippen LogP contribution is 2.37. The Bertz CT molecular complexity index is 708. The third kappa shape index (κ3) is 4.53. The molecule has 0 saturated carbocycles. The van der Waals surface area contributed by atoms with Crippen molar-refractivity contribution in [1.82, 2.24) is 0 Å². The van der Waals surface area contributed by atoms with Crippen LogP contribution >= 0.6 is 24.0 Å². The number of hydrogen-bond donors (Lipinski definition) is 1. The van der Waals surface area contributed by atoms with Crippen molar-refractivity contribution >= 4 is 40.2 Å². The molecule has 0 amide bonds. The van der Waals surface area contributed by atoms with Gasteiger partial charge in [-0.1, -0.05) is 54.3 Å². The predicted molar refractivity (Wildman–Crippen MR) is 111 cm³/mol. The minimum atomic E-state index is -1.00. The molecule has 0 aromatic heterocycles. The average molecular weight is 393 g/mol. The quantitative estimate of drug-likeness (QED) is 0.365. The lowest BCUT2D eigenvalue weighted by Crippen LogP contribution is -2.39. The van der Waals surface area contributed by atoms with Gasteiger partial charge in [0.15, 0.2) is 10.1 Å². The van der Waals surface area contributed by atoms with Gasteiger partial charge < -0.3 is 14.6 Å². The standard InChI is InChI=1S/C19H24N2O3S2/c1-18(2)23-15-9-10-19(22,13-16(15)24-18)11-12-20-21(17(25)26-3)14-7-5-4-6-8-14/h4-10,12,15-16,22H,11,13H2,1-3H3/b20-12+/t15-,16+,19-/m0/s1. The third-order valence-corrected chi connectivity index (χ3v) is 5.56. The summed E-state index contributed by atoms with van der Waals surface area (Å²) in [6, 6.07) is 9.73. The van der Waals surface area contributed by atoms with Crippen LogP contribution in [-0.2, 0) is 9.47 Å². The van der Waals surface area contributed by atoms with Crippen LogP contribution in [0.15, 0.2) is 47.6 Å². The van der Waals surface area contributed by atoms with Crippen molar-refractivity contribution in [3.63, 3.8) is 0 Å². The Hall–Kier alpha value is -1.25. The Morgan fingerprint density at radius 1 is 1.38 bits per heavy atom. The second kappa shape index (κ2) is 7.78. The van der Waals surface area contributed by atoms with Gasteiger partial charge in [-0.25, -0.2) is 5.01 Å². The largest absolute Gasteiger partial charge is 0.385 e. The van der Waals surface area contributed by atoms with Crippen LogP contribution in [0, 0.1) is 0 Å². The molecule has 7 heteroatoms. The number of anilines is 1. The number of ether oxygens (including phenoxy) is 2. The molecule has 3 atom stereocenters. The second-order valence-corrected chi connectivity index (χ2v) is 8.37. The molecule has 3 rings (SSSR count). The number of benzene rings is 1. The summed E-state index contributed by atoms with van der Waals surface area (Å²) in [6.45, 7) is 3.78. The molecule has 26 heavy (non-hydrogen) atoms. The second-order valence-electron chi connectivity index (χ2n) is 6.92. The van der Waals surface area contributed by atoms with Gasteiger partial charge in [0.2, 0.25) is 0 Å². The lowest BCUT2D eigenvalue weighted by atomic mass is 9.85. The first-order valence-corrected chi connectivity index (χ1v) is 10.2. The van der Waals surface area contributed by atoms with Crippen molar-refractivity contribution < 1.29 is 14.6 Å². The molecule has 0 radical (unpaired) electrons.